The summed E-state index contributed by atoms with van der Waals surface area (Å²) < 4.78 is 5.20. The molecule has 3 nitrogen and oxygen atoms in total. The average molecular weight is 235 g/mol. The average Bonchev–Trinajstić information content (AvgIpc) is 2.27. The highest BCUT2D eigenvalue weighted by Gasteiger charge is 2.16. The molecule has 3 heteroatoms. The van der Waals surface area contributed by atoms with E-state index < -0.39 is 0 Å². The normalized spacial score (nSPS) is 12.5. The third-order valence-electron chi connectivity index (χ3n) is 2.77. The summed E-state index contributed by atoms with van der Waals surface area (Å²) in [6.07, 6.45) is 1.35. The molecule has 0 saturated heterocycles. The number of methoxy groups -OCH3 is 1. The van der Waals surface area contributed by atoms with Gasteiger partial charge in [-0.2, -0.15) is 0 Å². The second kappa shape index (κ2) is 6.28. The molecule has 17 heavy (non-hydrogen) atoms. The monoisotopic (exact) mass is 235 g/mol. The van der Waals surface area contributed by atoms with Crippen LogP contribution in [0.25, 0.3) is 0 Å². The molecule has 0 radical (unpaired) electrons. The number of carbonyl (C=O) groups is 1. The first kappa shape index (κ1) is 13.6. The van der Waals surface area contributed by atoms with E-state index in [4.69, 9.17) is 10.5 Å². The van der Waals surface area contributed by atoms with E-state index in [-0.39, 0.29) is 11.8 Å². The maximum Gasteiger partial charge on any atom is 0.218 e. The summed E-state index contributed by atoms with van der Waals surface area (Å²) in [5.41, 5.74) is 6.43. The molecule has 0 aromatic heterocycles. The molecule has 94 valence electrons. The van der Waals surface area contributed by atoms with Crippen LogP contribution in [0.5, 0.6) is 5.75 Å². The van der Waals surface area contributed by atoms with Gasteiger partial charge in [-0.15, -0.1) is 0 Å². The Morgan fingerprint density at radius 2 is 2.12 bits per heavy atom. The third-order valence-corrected chi connectivity index (χ3v) is 2.77. The molecule has 1 unspecified atom stereocenters. The Kier molecular flexibility index (Phi) is 5.01. The number of amides is 1. The highest BCUT2D eigenvalue weighted by Crippen LogP contribution is 2.29. The van der Waals surface area contributed by atoms with Crippen LogP contribution in [0.15, 0.2) is 24.3 Å². The minimum absolute atomic E-state index is 0.183. The van der Waals surface area contributed by atoms with Crippen LogP contribution >= 0.6 is 0 Å². The minimum Gasteiger partial charge on any atom is -0.497 e. The predicted octanol–water partition coefficient (Wildman–Crippen LogP) is 2.70. The zero-order chi connectivity index (χ0) is 12.8. The maximum absolute atomic E-state index is 11.1. The Morgan fingerprint density at radius 3 is 2.65 bits per heavy atom. The topological polar surface area (TPSA) is 52.3 Å². The summed E-state index contributed by atoms with van der Waals surface area (Å²) in [5, 5.41) is 0. The Balaban J connectivity index is 2.90. The molecule has 0 saturated carbocycles. The Hall–Kier alpha value is -1.51. The summed E-state index contributed by atoms with van der Waals surface area (Å²) in [6.45, 7) is 4.29. The SMILES string of the molecule is COc1cccc(C(CC(N)=O)CC(C)C)c1. The zero-order valence-electron chi connectivity index (χ0n) is 10.8. The van der Waals surface area contributed by atoms with Crippen molar-refractivity contribution < 1.29 is 9.53 Å². The van der Waals surface area contributed by atoms with Crippen LogP contribution in [0.2, 0.25) is 0 Å². The van der Waals surface area contributed by atoms with Gasteiger partial charge in [0.25, 0.3) is 0 Å². The number of hydrogen-bond donors (Lipinski definition) is 1. The maximum atomic E-state index is 11.1. The van der Waals surface area contributed by atoms with Gasteiger partial charge in [-0.3, -0.25) is 4.79 Å². The second-order valence-corrected chi connectivity index (χ2v) is 4.77. The van der Waals surface area contributed by atoms with Crippen LogP contribution in [0.4, 0.5) is 0 Å². The van der Waals surface area contributed by atoms with Crippen molar-refractivity contribution in [1.29, 1.82) is 0 Å². The molecule has 1 amide bonds. The molecule has 0 spiro atoms. The molecular formula is C14H21NO2. The van der Waals surface area contributed by atoms with E-state index in [1.807, 2.05) is 24.3 Å². The van der Waals surface area contributed by atoms with Crippen molar-refractivity contribution in [3.05, 3.63) is 29.8 Å². The number of rotatable bonds is 6. The van der Waals surface area contributed by atoms with Crippen molar-refractivity contribution in [2.45, 2.75) is 32.6 Å². The summed E-state index contributed by atoms with van der Waals surface area (Å²) >= 11 is 0. The van der Waals surface area contributed by atoms with Gasteiger partial charge in [0.15, 0.2) is 0 Å². The van der Waals surface area contributed by atoms with Crippen molar-refractivity contribution in [3.8, 4) is 5.75 Å². The number of benzene rings is 1. The molecule has 0 bridgehead atoms. The number of ether oxygens (including phenoxy) is 1. The molecule has 1 aromatic rings. The van der Waals surface area contributed by atoms with Gasteiger partial charge in [0.05, 0.1) is 7.11 Å². The lowest BCUT2D eigenvalue weighted by Gasteiger charge is -2.18. The summed E-state index contributed by atoms with van der Waals surface area (Å²) in [5.74, 6) is 1.28. The third kappa shape index (κ3) is 4.47. The first-order valence-corrected chi connectivity index (χ1v) is 5.95. The molecule has 0 fully saturated rings. The van der Waals surface area contributed by atoms with Gasteiger partial charge >= 0.3 is 0 Å². The molecule has 1 aromatic carbocycles. The summed E-state index contributed by atoms with van der Waals surface area (Å²) in [4.78, 5) is 11.1. The van der Waals surface area contributed by atoms with E-state index in [9.17, 15) is 4.79 Å². The van der Waals surface area contributed by atoms with E-state index in [2.05, 4.69) is 13.8 Å². The second-order valence-electron chi connectivity index (χ2n) is 4.77. The van der Waals surface area contributed by atoms with Gasteiger partial charge in [0, 0.05) is 6.42 Å². The predicted molar refractivity (Wildman–Crippen MR) is 69.0 cm³/mol. The molecule has 2 N–H and O–H groups in total. The van der Waals surface area contributed by atoms with Gasteiger partial charge < -0.3 is 10.5 Å². The fourth-order valence-electron chi connectivity index (χ4n) is 2.04. The first-order chi connectivity index (χ1) is 8.02. The van der Waals surface area contributed by atoms with Crippen molar-refractivity contribution in [1.82, 2.24) is 0 Å². The van der Waals surface area contributed by atoms with Gasteiger partial charge in [-0.25, -0.2) is 0 Å². The van der Waals surface area contributed by atoms with Gasteiger partial charge in [0.2, 0.25) is 5.91 Å². The molecule has 0 aliphatic rings. The smallest absolute Gasteiger partial charge is 0.218 e. The van der Waals surface area contributed by atoms with E-state index >= 15 is 0 Å². The summed E-state index contributed by atoms with van der Waals surface area (Å²) in [6, 6.07) is 7.86. The van der Waals surface area contributed by atoms with Crippen LogP contribution in [-0.4, -0.2) is 13.0 Å². The lowest BCUT2D eigenvalue weighted by Crippen LogP contribution is -2.16. The van der Waals surface area contributed by atoms with Crippen LogP contribution in [-0.2, 0) is 4.79 Å². The van der Waals surface area contributed by atoms with E-state index in [1.165, 1.54) is 0 Å². The lowest BCUT2D eigenvalue weighted by atomic mass is 9.87. The Bertz CT molecular complexity index is 374. The largest absolute Gasteiger partial charge is 0.497 e. The molecule has 1 atom stereocenters. The van der Waals surface area contributed by atoms with Crippen LogP contribution in [0, 0.1) is 5.92 Å². The van der Waals surface area contributed by atoms with Crippen LogP contribution < -0.4 is 10.5 Å². The van der Waals surface area contributed by atoms with Crippen molar-refractivity contribution >= 4 is 5.91 Å². The van der Waals surface area contributed by atoms with E-state index in [0.29, 0.717) is 12.3 Å². The minimum atomic E-state index is -0.251. The molecular weight excluding hydrogens is 214 g/mol. The summed E-state index contributed by atoms with van der Waals surface area (Å²) in [7, 11) is 1.64. The van der Waals surface area contributed by atoms with Crippen molar-refractivity contribution in [2.24, 2.45) is 11.7 Å². The number of hydrogen-bond acceptors (Lipinski definition) is 2. The van der Waals surface area contributed by atoms with Gasteiger partial charge in [-0.1, -0.05) is 26.0 Å². The molecule has 0 heterocycles. The fraction of sp³-hybridized carbons (Fsp3) is 0.500. The zero-order valence-corrected chi connectivity index (χ0v) is 10.8. The fourth-order valence-corrected chi connectivity index (χ4v) is 2.04. The van der Waals surface area contributed by atoms with Gasteiger partial charge in [0.1, 0.15) is 5.75 Å². The molecule has 1 rings (SSSR count). The number of nitrogens with two attached hydrogens (primary N) is 1. The van der Waals surface area contributed by atoms with E-state index in [0.717, 1.165) is 17.7 Å². The van der Waals surface area contributed by atoms with Crippen LogP contribution in [0.3, 0.4) is 0 Å². The Labute approximate surface area is 103 Å². The van der Waals surface area contributed by atoms with E-state index in [1.54, 1.807) is 7.11 Å². The molecule has 0 aliphatic heterocycles. The highest BCUT2D eigenvalue weighted by atomic mass is 16.5. The highest BCUT2D eigenvalue weighted by molar-refractivity contribution is 5.74. The number of primary amides is 1. The van der Waals surface area contributed by atoms with Crippen molar-refractivity contribution in [3.63, 3.8) is 0 Å². The van der Waals surface area contributed by atoms with Crippen molar-refractivity contribution in [2.75, 3.05) is 7.11 Å². The first-order valence-electron chi connectivity index (χ1n) is 5.95. The number of carbonyl (C=O) groups excluding carboxylic acids is 1. The van der Waals surface area contributed by atoms with Gasteiger partial charge in [-0.05, 0) is 36.0 Å². The molecule has 0 aliphatic carbocycles. The van der Waals surface area contributed by atoms with Crippen LogP contribution in [0.1, 0.15) is 38.2 Å². The standard InChI is InChI=1S/C14H21NO2/c1-10(2)7-12(9-14(15)16)11-5-4-6-13(8-11)17-3/h4-6,8,10,12H,7,9H2,1-3H3,(H2,15,16). The lowest BCUT2D eigenvalue weighted by molar-refractivity contribution is -0.118. The Morgan fingerprint density at radius 1 is 1.41 bits per heavy atom. The quantitative estimate of drug-likeness (QED) is 0.824.